The van der Waals surface area contributed by atoms with Gasteiger partial charge in [-0.05, 0) is 37.3 Å². The molecular weight excluding hydrogens is 302 g/mol. The van der Waals surface area contributed by atoms with Crippen LogP contribution in [-0.4, -0.2) is 20.1 Å². The van der Waals surface area contributed by atoms with Crippen molar-refractivity contribution in [2.24, 2.45) is 0 Å². The summed E-state index contributed by atoms with van der Waals surface area (Å²) in [6.07, 6.45) is 0. The number of amides is 1. The molecule has 0 fully saturated rings. The normalized spacial score (nSPS) is 14.9. The van der Waals surface area contributed by atoms with E-state index in [1.165, 1.54) is 31.2 Å². The lowest BCUT2D eigenvalue weighted by atomic mass is 10.0. The van der Waals surface area contributed by atoms with Crippen LogP contribution in [0.3, 0.4) is 0 Å². The third kappa shape index (κ3) is 2.12. The number of rotatable bonds is 1. The number of ketones is 1. The second-order valence-corrected chi connectivity index (χ2v) is 7.11. The number of anilines is 1. The van der Waals surface area contributed by atoms with Crippen LogP contribution in [-0.2, 0) is 14.6 Å². The minimum absolute atomic E-state index is 0.00979. The molecule has 0 saturated carbocycles. The van der Waals surface area contributed by atoms with Gasteiger partial charge in [-0.3, -0.25) is 9.59 Å². The zero-order chi connectivity index (χ0) is 16.1. The number of aryl methyl sites for hydroxylation is 1. The Hall–Kier alpha value is -2.47. The summed E-state index contributed by atoms with van der Waals surface area (Å²) in [7, 11) is -3.78. The van der Waals surface area contributed by atoms with Gasteiger partial charge in [0, 0.05) is 23.7 Å². The van der Waals surface area contributed by atoms with E-state index in [1.807, 2.05) is 0 Å². The molecular formula is C16H13NO4S. The maximum Gasteiger partial charge on any atom is 0.221 e. The molecule has 0 aromatic heterocycles. The summed E-state index contributed by atoms with van der Waals surface area (Å²) in [5.74, 6) is -0.631. The summed E-state index contributed by atoms with van der Waals surface area (Å²) in [6, 6.07) is 8.98. The summed E-state index contributed by atoms with van der Waals surface area (Å²) in [5, 5.41) is 2.53. The zero-order valence-corrected chi connectivity index (χ0v) is 12.8. The standard InChI is InChI=1S/C16H13NO4S/c1-9-3-6-14-13(7-9)16(19)12-5-4-11(17-10(2)18)8-15(12)22(14,20)21/h3-8H,1-2H3,(H,17,18). The van der Waals surface area contributed by atoms with Crippen LogP contribution in [0.5, 0.6) is 0 Å². The lowest BCUT2D eigenvalue weighted by molar-refractivity contribution is -0.114. The van der Waals surface area contributed by atoms with Gasteiger partial charge in [0.05, 0.1) is 9.79 Å². The van der Waals surface area contributed by atoms with Crippen LogP contribution < -0.4 is 5.32 Å². The van der Waals surface area contributed by atoms with E-state index in [-0.39, 0.29) is 32.6 Å². The number of sulfone groups is 1. The number of benzene rings is 2. The molecule has 0 saturated heterocycles. The Morgan fingerprint density at radius 1 is 1.00 bits per heavy atom. The zero-order valence-electron chi connectivity index (χ0n) is 12.0. The van der Waals surface area contributed by atoms with E-state index in [2.05, 4.69) is 5.32 Å². The minimum atomic E-state index is -3.78. The average Bonchev–Trinajstić information content (AvgIpc) is 2.44. The van der Waals surface area contributed by atoms with Gasteiger partial charge in [0.15, 0.2) is 5.78 Å². The Balaban J connectivity index is 2.27. The highest BCUT2D eigenvalue weighted by Gasteiger charge is 2.34. The van der Waals surface area contributed by atoms with Gasteiger partial charge in [0.2, 0.25) is 15.7 Å². The van der Waals surface area contributed by atoms with Gasteiger partial charge in [-0.1, -0.05) is 11.6 Å². The molecule has 0 aliphatic carbocycles. The Labute approximate surface area is 127 Å². The molecule has 1 heterocycles. The van der Waals surface area contributed by atoms with E-state index in [9.17, 15) is 18.0 Å². The van der Waals surface area contributed by atoms with E-state index in [4.69, 9.17) is 0 Å². The maximum atomic E-state index is 12.7. The number of carbonyl (C=O) groups excluding carboxylic acids is 2. The van der Waals surface area contributed by atoms with E-state index < -0.39 is 9.84 Å². The summed E-state index contributed by atoms with van der Waals surface area (Å²) < 4.78 is 25.5. The minimum Gasteiger partial charge on any atom is -0.326 e. The van der Waals surface area contributed by atoms with Crippen molar-refractivity contribution in [2.75, 3.05) is 5.32 Å². The molecule has 1 amide bonds. The molecule has 0 radical (unpaired) electrons. The molecule has 2 aromatic carbocycles. The van der Waals surface area contributed by atoms with Gasteiger partial charge >= 0.3 is 0 Å². The monoisotopic (exact) mass is 315 g/mol. The van der Waals surface area contributed by atoms with Gasteiger partial charge in [-0.15, -0.1) is 0 Å². The Bertz CT molecular complexity index is 929. The van der Waals surface area contributed by atoms with Crippen LogP contribution in [0.2, 0.25) is 0 Å². The van der Waals surface area contributed by atoms with Crippen molar-refractivity contribution >= 4 is 27.2 Å². The van der Waals surface area contributed by atoms with Gasteiger partial charge in [0.25, 0.3) is 0 Å². The Morgan fingerprint density at radius 2 is 1.73 bits per heavy atom. The largest absolute Gasteiger partial charge is 0.326 e. The van der Waals surface area contributed by atoms with Gasteiger partial charge in [-0.2, -0.15) is 0 Å². The van der Waals surface area contributed by atoms with Crippen molar-refractivity contribution in [3.63, 3.8) is 0 Å². The maximum absolute atomic E-state index is 12.7. The van der Waals surface area contributed by atoms with Crippen molar-refractivity contribution in [1.82, 2.24) is 0 Å². The fourth-order valence-electron chi connectivity index (χ4n) is 2.53. The van der Waals surface area contributed by atoms with E-state index in [1.54, 1.807) is 19.1 Å². The van der Waals surface area contributed by atoms with Crippen molar-refractivity contribution in [1.29, 1.82) is 0 Å². The average molecular weight is 315 g/mol. The van der Waals surface area contributed by atoms with Crippen LogP contribution in [0.25, 0.3) is 0 Å². The molecule has 6 heteroatoms. The quantitative estimate of drug-likeness (QED) is 0.747. The van der Waals surface area contributed by atoms with E-state index in [0.717, 1.165) is 5.56 Å². The van der Waals surface area contributed by atoms with Crippen LogP contribution >= 0.6 is 0 Å². The summed E-state index contributed by atoms with van der Waals surface area (Å²) in [6.45, 7) is 3.13. The van der Waals surface area contributed by atoms with Crippen molar-refractivity contribution in [3.8, 4) is 0 Å². The fraction of sp³-hybridized carbons (Fsp3) is 0.125. The van der Waals surface area contributed by atoms with Crippen LogP contribution in [0.4, 0.5) is 5.69 Å². The van der Waals surface area contributed by atoms with Crippen LogP contribution in [0.1, 0.15) is 28.4 Å². The van der Waals surface area contributed by atoms with Crippen molar-refractivity contribution in [3.05, 3.63) is 53.1 Å². The summed E-state index contributed by atoms with van der Waals surface area (Å²) >= 11 is 0. The lowest BCUT2D eigenvalue weighted by Gasteiger charge is -2.20. The number of nitrogens with one attached hydrogen (secondary N) is 1. The second kappa shape index (κ2) is 4.78. The van der Waals surface area contributed by atoms with E-state index in [0.29, 0.717) is 5.69 Å². The molecule has 1 N–H and O–H groups in total. The first-order valence-corrected chi connectivity index (χ1v) is 8.11. The second-order valence-electron chi connectivity index (χ2n) is 5.22. The highest BCUT2D eigenvalue weighted by molar-refractivity contribution is 7.91. The molecule has 0 unspecified atom stereocenters. The number of fused-ring (bicyclic) bond motifs is 2. The molecule has 1 aliphatic rings. The van der Waals surface area contributed by atoms with Crippen molar-refractivity contribution in [2.45, 2.75) is 23.6 Å². The number of hydrogen-bond donors (Lipinski definition) is 1. The third-order valence-electron chi connectivity index (χ3n) is 3.51. The van der Waals surface area contributed by atoms with Crippen LogP contribution in [0, 0.1) is 6.92 Å². The fourth-order valence-corrected chi connectivity index (χ4v) is 4.19. The highest BCUT2D eigenvalue weighted by atomic mass is 32.2. The first-order valence-electron chi connectivity index (χ1n) is 6.63. The predicted octanol–water partition coefficient (Wildman–Crippen LogP) is 2.33. The number of carbonyl (C=O) groups is 2. The van der Waals surface area contributed by atoms with Crippen molar-refractivity contribution < 1.29 is 18.0 Å². The topological polar surface area (TPSA) is 80.3 Å². The lowest BCUT2D eigenvalue weighted by Crippen LogP contribution is -2.21. The van der Waals surface area contributed by atoms with Crippen LogP contribution in [0.15, 0.2) is 46.2 Å². The molecule has 3 rings (SSSR count). The molecule has 0 atom stereocenters. The van der Waals surface area contributed by atoms with Gasteiger partial charge in [-0.25, -0.2) is 8.42 Å². The molecule has 22 heavy (non-hydrogen) atoms. The van der Waals surface area contributed by atoms with Gasteiger partial charge in [0.1, 0.15) is 0 Å². The number of hydrogen-bond acceptors (Lipinski definition) is 4. The molecule has 1 aliphatic heterocycles. The van der Waals surface area contributed by atoms with E-state index >= 15 is 0 Å². The summed E-state index contributed by atoms with van der Waals surface area (Å²) in [5.41, 5.74) is 1.49. The molecule has 0 spiro atoms. The predicted molar refractivity (Wildman–Crippen MR) is 80.8 cm³/mol. The molecule has 5 nitrogen and oxygen atoms in total. The first kappa shape index (κ1) is 14.5. The highest BCUT2D eigenvalue weighted by Crippen LogP contribution is 2.36. The third-order valence-corrected chi connectivity index (χ3v) is 5.36. The first-order chi connectivity index (χ1) is 10.3. The van der Waals surface area contributed by atoms with Gasteiger partial charge < -0.3 is 5.32 Å². The summed E-state index contributed by atoms with van der Waals surface area (Å²) in [4.78, 5) is 23.6. The molecule has 112 valence electrons. The Kier molecular flexibility index (Phi) is 3.14. The molecule has 2 aromatic rings. The Morgan fingerprint density at radius 3 is 2.41 bits per heavy atom. The smallest absolute Gasteiger partial charge is 0.221 e. The molecule has 0 bridgehead atoms. The SMILES string of the molecule is CC(=O)Nc1ccc2c(c1)S(=O)(=O)c1ccc(C)cc1C2=O.